The minimum Gasteiger partial charge on any atom is -0.423 e. The van der Waals surface area contributed by atoms with Crippen molar-refractivity contribution in [3.05, 3.63) is 30.4 Å². The van der Waals surface area contributed by atoms with E-state index in [-0.39, 0.29) is 11.7 Å². The van der Waals surface area contributed by atoms with Gasteiger partial charge >= 0.3 is 0 Å². The molecule has 69 valence electrons. The van der Waals surface area contributed by atoms with E-state index in [1.165, 1.54) is 12.5 Å². The number of rotatable bonds is 2. The molecule has 0 N–H and O–H groups in total. The van der Waals surface area contributed by atoms with E-state index in [1.54, 1.807) is 12.1 Å². The fourth-order valence-corrected chi connectivity index (χ4v) is 1.17. The predicted molar refractivity (Wildman–Crippen MR) is 50.9 cm³/mol. The molecule has 1 radical (unpaired) electrons. The summed E-state index contributed by atoms with van der Waals surface area (Å²) in [7, 11) is 1.82. The van der Waals surface area contributed by atoms with Gasteiger partial charge in [-0.3, -0.25) is 0 Å². The Labute approximate surface area is 81.2 Å². The number of benzene rings is 1. The zero-order valence-corrected chi connectivity index (χ0v) is 7.57. The minimum atomic E-state index is -0.357. The summed E-state index contributed by atoms with van der Waals surface area (Å²) in [6.45, 7) is 1.85. The van der Waals surface area contributed by atoms with Gasteiger partial charge in [0.05, 0.1) is 5.56 Å². The molecule has 0 spiro atoms. The molecule has 0 amide bonds. The molecule has 0 unspecified atom stereocenters. The summed E-state index contributed by atoms with van der Waals surface area (Å²) in [6, 6.07) is 4.85. The molecule has 14 heavy (non-hydrogen) atoms. The molecule has 0 saturated heterocycles. The molecule has 0 aliphatic rings. The Morgan fingerprint density at radius 2 is 2.29 bits per heavy atom. The summed E-state index contributed by atoms with van der Waals surface area (Å²) < 4.78 is 18.4. The summed E-state index contributed by atoms with van der Waals surface area (Å²) in [6.07, 6.45) is 1.18. The highest BCUT2D eigenvalue weighted by Crippen LogP contribution is 2.18. The first-order valence-corrected chi connectivity index (χ1v) is 4.16. The van der Waals surface area contributed by atoms with Crippen molar-refractivity contribution >= 4 is 12.7 Å². The molecule has 1 heterocycles. The van der Waals surface area contributed by atoms with Crippen LogP contribution >= 0.6 is 0 Å². The van der Waals surface area contributed by atoms with Gasteiger partial charge in [0.1, 0.15) is 13.1 Å². The highest BCUT2D eigenvalue weighted by Gasteiger charge is 2.09. The number of hydrogen-bond donors (Lipinski definition) is 0. The number of halogens is 1. The average molecular weight is 189 g/mol. The molecule has 3 nitrogen and oxygen atoms in total. The Bertz CT molecular complexity index is 430. The average Bonchev–Trinajstić information content (AvgIpc) is 2.70. The van der Waals surface area contributed by atoms with Gasteiger partial charge in [-0.25, -0.2) is 4.39 Å². The molecule has 1 aromatic heterocycles. The van der Waals surface area contributed by atoms with Crippen LogP contribution in [0.5, 0.6) is 0 Å². The van der Waals surface area contributed by atoms with Gasteiger partial charge in [0.25, 0.3) is 0 Å². The topological polar surface area (TPSA) is 38.9 Å². The highest BCUT2D eigenvalue weighted by atomic mass is 19.1. The second-order valence-electron chi connectivity index (χ2n) is 2.77. The van der Waals surface area contributed by atoms with Crippen LogP contribution in [0.2, 0.25) is 6.82 Å². The number of hydrogen-bond acceptors (Lipinski definition) is 3. The Morgan fingerprint density at radius 3 is 2.86 bits per heavy atom. The van der Waals surface area contributed by atoms with Gasteiger partial charge in [0, 0.05) is 0 Å². The molecule has 0 bridgehead atoms. The minimum absolute atomic E-state index is 0.199. The van der Waals surface area contributed by atoms with Crippen LogP contribution in [0, 0.1) is 5.82 Å². The van der Waals surface area contributed by atoms with Crippen molar-refractivity contribution in [2.24, 2.45) is 0 Å². The van der Waals surface area contributed by atoms with Crippen molar-refractivity contribution in [3.63, 3.8) is 0 Å². The molecular weight excluding hydrogens is 182 g/mol. The normalized spacial score (nSPS) is 10.1. The summed E-state index contributed by atoms with van der Waals surface area (Å²) >= 11 is 0. The number of aromatic nitrogens is 2. The summed E-state index contributed by atoms with van der Waals surface area (Å²) in [5.74, 6) is -0.157. The van der Waals surface area contributed by atoms with E-state index in [0.29, 0.717) is 5.56 Å². The first-order chi connectivity index (χ1) is 6.81. The first kappa shape index (κ1) is 8.93. The van der Waals surface area contributed by atoms with Crippen LogP contribution in [0.25, 0.3) is 11.5 Å². The molecule has 0 atom stereocenters. The van der Waals surface area contributed by atoms with Crippen molar-refractivity contribution in [2.45, 2.75) is 6.82 Å². The first-order valence-electron chi connectivity index (χ1n) is 4.16. The van der Waals surface area contributed by atoms with E-state index in [2.05, 4.69) is 10.2 Å². The molecule has 0 fully saturated rings. The van der Waals surface area contributed by atoms with Crippen molar-refractivity contribution in [1.82, 2.24) is 10.2 Å². The molecular formula is C9H7BFN2O. The lowest BCUT2D eigenvalue weighted by molar-refractivity contribution is 0.558. The van der Waals surface area contributed by atoms with Crippen LogP contribution in [0.3, 0.4) is 0 Å². The molecule has 2 rings (SSSR count). The van der Waals surface area contributed by atoms with E-state index in [1.807, 2.05) is 14.1 Å². The van der Waals surface area contributed by atoms with Crippen molar-refractivity contribution in [2.75, 3.05) is 0 Å². The predicted octanol–water partition coefficient (Wildman–Crippen LogP) is 1.25. The Balaban J connectivity index is 2.46. The van der Waals surface area contributed by atoms with Crippen LogP contribution < -0.4 is 5.46 Å². The van der Waals surface area contributed by atoms with E-state index in [0.717, 1.165) is 5.46 Å². The smallest absolute Gasteiger partial charge is 0.250 e. The largest absolute Gasteiger partial charge is 0.423 e. The van der Waals surface area contributed by atoms with Crippen molar-refractivity contribution in [1.29, 1.82) is 0 Å². The van der Waals surface area contributed by atoms with Gasteiger partial charge in [-0.15, -0.1) is 10.2 Å². The van der Waals surface area contributed by atoms with Gasteiger partial charge < -0.3 is 4.42 Å². The van der Waals surface area contributed by atoms with Crippen molar-refractivity contribution in [3.8, 4) is 11.5 Å². The van der Waals surface area contributed by atoms with E-state index in [9.17, 15) is 4.39 Å². The second kappa shape index (κ2) is 3.61. The van der Waals surface area contributed by atoms with E-state index < -0.39 is 0 Å². The maximum atomic E-state index is 13.5. The quantitative estimate of drug-likeness (QED) is 0.667. The molecule has 2 aromatic rings. The lowest BCUT2D eigenvalue weighted by atomic mass is 9.73. The molecule has 5 heteroatoms. The standard InChI is InChI=1S/C9H7BFN2O/c1-10-6-2-3-7(8(11)4-6)9-13-12-5-14-9/h2-5H,1H3. The zero-order chi connectivity index (χ0) is 9.97. The van der Waals surface area contributed by atoms with Crippen molar-refractivity contribution < 1.29 is 8.81 Å². The Morgan fingerprint density at radius 1 is 1.43 bits per heavy atom. The fraction of sp³-hybridized carbons (Fsp3) is 0.111. The summed E-state index contributed by atoms with van der Waals surface area (Å²) in [4.78, 5) is 0. The summed E-state index contributed by atoms with van der Waals surface area (Å²) in [5, 5.41) is 7.13. The molecule has 1 aromatic carbocycles. The zero-order valence-electron chi connectivity index (χ0n) is 7.57. The Kier molecular flexibility index (Phi) is 2.31. The third-order valence-corrected chi connectivity index (χ3v) is 1.92. The van der Waals surface area contributed by atoms with Crippen LogP contribution in [0.4, 0.5) is 4.39 Å². The van der Waals surface area contributed by atoms with Gasteiger partial charge in [0.15, 0.2) is 0 Å². The van der Waals surface area contributed by atoms with E-state index >= 15 is 0 Å². The maximum Gasteiger partial charge on any atom is 0.250 e. The third kappa shape index (κ3) is 1.53. The monoisotopic (exact) mass is 189 g/mol. The fourth-order valence-electron chi connectivity index (χ4n) is 1.17. The third-order valence-electron chi connectivity index (χ3n) is 1.92. The van der Waals surface area contributed by atoms with Crippen LogP contribution in [0.1, 0.15) is 0 Å². The van der Waals surface area contributed by atoms with Gasteiger partial charge in [-0.2, -0.15) is 0 Å². The highest BCUT2D eigenvalue weighted by molar-refractivity contribution is 6.51. The summed E-state index contributed by atoms with van der Waals surface area (Å²) in [5.41, 5.74) is 1.15. The number of nitrogens with zero attached hydrogens (tertiary/aromatic N) is 2. The van der Waals surface area contributed by atoms with Gasteiger partial charge in [-0.05, 0) is 12.1 Å². The lowest BCUT2D eigenvalue weighted by Gasteiger charge is -1.99. The molecule has 0 aliphatic heterocycles. The molecule has 0 saturated carbocycles. The van der Waals surface area contributed by atoms with E-state index in [4.69, 9.17) is 4.42 Å². The maximum absolute atomic E-state index is 13.5. The van der Waals surface area contributed by atoms with Crippen LogP contribution in [-0.4, -0.2) is 17.5 Å². The lowest BCUT2D eigenvalue weighted by Crippen LogP contribution is -2.10. The van der Waals surface area contributed by atoms with Crippen LogP contribution in [-0.2, 0) is 0 Å². The Hall–Kier alpha value is -1.65. The van der Waals surface area contributed by atoms with Gasteiger partial charge in [-0.1, -0.05) is 18.4 Å². The molecule has 0 aliphatic carbocycles. The van der Waals surface area contributed by atoms with Gasteiger partial charge in [0.2, 0.25) is 12.3 Å². The second-order valence-corrected chi connectivity index (χ2v) is 2.77. The SMILES string of the molecule is C[B]c1ccc(-c2nnco2)c(F)c1. The van der Waals surface area contributed by atoms with Crippen LogP contribution in [0.15, 0.2) is 29.0 Å².